The number of carbonyl (C=O) groups is 2. The maximum absolute atomic E-state index is 13.7. The molecule has 1 aliphatic rings. The van der Waals surface area contributed by atoms with Crippen LogP contribution in [0, 0.1) is 0 Å². The zero-order chi connectivity index (χ0) is 27.6. The van der Waals surface area contributed by atoms with Gasteiger partial charge in [0.2, 0.25) is 0 Å². The molecule has 0 saturated heterocycles. The third-order valence-corrected chi connectivity index (χ3v) is 7.13. The van der Waals surface area contributed by atoms with Crippen LogP contribution < -0.4 is 5.32 Å². The van der Waals surface area contributed by atoms with E-state index < -0.39 is 5.60 Å². The smallest absolute Gasteiger partial charge is 0.407 e. The summed E-state index contributed by atoms with van der Waals surface area (Å²) in [5.74, 6) is 0.311. The number of rotatable bonds is 6. The summed E-state index contributed by atoms with van der Waals surface area (Å²) in [6.07, 6.45) is 6.60. The number of hydrogen-bond donors (Lipinski definition) is 1. The summed E-state index contributed by atoms with van der Waals surface area (Å²) in [6, 6.07) is 10.3. The van der Waals surface area contributed by atoms with Crippen LogP contribution in [0.25, 0.3) is 16.6 Å². The molecular weight excluding hydrogens is 478 g/mol. The largest absolute Gasteiger partial charge is 0.444 e. The highest BCUT2D eigenvalue weighted by atomic mass is 16.6. The predicted octanol–water partition coefficient (Wildman–Crippen LogP) is 6.21. The van der Waals surface area contributed by atoms with Crippen LogP contribution in [0.3, 0.4) is 0 Å². The van der Waals surface area contributed by atoms with Crippen LogP contribution in [-0.4, -0.2) is 55.2 Å². The zero-order valence-electron chi connectivity index (χ0n) is 23.7. The lowest BCUT2D eigenvalue weighted by Gasteiger charge is -2.31. The van der Waals surface area contributed by atoms with E-state index in [0.29, 0.717) is 5.56 Å². The van der Waals surface area contributed by atoms with Gasteiger partial charge >= 0.3 is 6.09 Å². The van der Waals surface area contributed by atoms with E-state index in [1.807, 2.05) is 88.3 Å². The summed E-state index contributed by atoms with van der Waals surface area (Å²) >= 11 is 0. The number of alkyl carbamates (subject to hydrolysis) is 1. The Morgan fingerprint density at radius 1 is 1.03 bits per heavy atom. The lowest BCUT2D eigenvalue weighted by molar-refractivity contribution is 0.0490. The van der Waals surface area contributed by atoms with Crippen LogP contribution in [0.4, 0.5) is 4.79 Å². The van der Waals surface area contributed by atoms with Gasteiger partial charge < -0.3 is 15.0 Å². The number of hydrogen-bond acceptors (Lipinski definition) is 5. The Balaban J connectivity index is 1.62. The van der Waals surface area contributed by atoms with E-state index in [1.54, 1.807) is 6.33 Å². The molecule has 0 spiro atoms. The number of amides is 2. The summed E-state index contributed by atoms with van der Waals surface area (Å²) in [5.41, 5.74) is 4.02. The average Bonchev–Trinajstić information content (AvgIpc) is 3.22. The third-order valence-electron chi connectivity index (χ3n) is 7.13. The first-order chi connectivity index (χ1) is 18.0. The van der Waals surface area contributed by atoms with Gasteiger partial charge in [-0.15, -0.1) is 0 Å². The summed E-state index contributed by atoms with van der Waals surface area (Å²) in [6.45, 7) is 13.8. The van der Waals surface area contributed by atoms with Crippen molar-refractivity contribution in [3.63, 3.8) is 0 Å². The molecule has 3 aromatic rings. The van der Waals surface area contributed by atoms with Gasteiger partial charge in [-0.05, 0) is 91.8 Å². The Bertz CT molecular complexity index is 1270. The Morgan fingerprint density at radius 2 is 1.68 bits per heavy atom. The van der Waals surface area contributed by atoms with Crippen molar-refractivity contribution in [1.82, 2.24) is 24.8 Å². The van der Waals surface area contributed by atoms with Crippen molar-refractivity contribution in [3.8, 4) is 11.1 Å². The number of aromatic nitrogens is 3. The molecule has 1 aromatic carbocycles. The molecule has 0 radical (unpaired) electrons. The fourth-order valence-electron chi connectivity index (χ4n) is 5.60. The first-order valence-corrected chi connectivity index (χ1v) is 13.7. The fourth-order valence-corrected chi connectivity index (χ4v) is 5.60. The molecule has 0 atom stereocenters. The topological polar surface area (TPSA) is 88.8 Å². The number of carbonyl (C=O) groups excluding carboxylic acids is 2. The first kappa shape index (κ1) is 27.6. The van der Waals surface area contributed by atoms with Gasteiger partial charge in [-0.3, -0.25) is 4.79 Å². The van der Waals surface area contributed by atoms with Crippen LogP contribution in [0.5, 0.6) is 0 Å². The lowest BCUT2D eigenvalue weighted by Crippen LogP contribution is -2.42. The maximum atomic E-state index is 13.7. The molecule has 2 aromatic heterocycles. The molecule has 1 fully saturated rings. The van der Waals surface area contributed by atoms with Gasteiger partial charge in [-0.1, -0.05) is 18.2 Å². The standard InChI is InChI=1S/C30H41N5O3/c1-19(2)34(20(3)4)28(36)24-11-9-8-10-23(24)25-16-26(35-27(25)17-31-18-32-35)21-12-14-22(15-13-21)33-29(37)38-30(5,6)7/h8-11,16-22H,12-15H2,1-7H3,(H,33,37). The van der Waals surface area contributed by atoms with E-state index in [2.05, 4.69) is 21.5 Å². The quantitative estimate of drug-likeness (QED) is 0.418. The van der Waals surface area contributed by atoms with E-state index >= 15 is 0 Å². The zero-order valence-corrected chi connectivity index (χ0v) is 23.7. The van der Waals surface area contributed by atoms with Gasteiger partial charge in [0.05, 0.1) is 11.7 Å². The Labute approximate surface area is 225 Å². The van der Waals surface area contributed by atoms with Crippen molar-refractivity contribution in [2.75, 3.05) is 0 Å². The van der Waals surface area contributed by atoms with E-state index in [9.17, 15) is 9.59 Å². The molecule has 204 valence electrons. The van der Waals surface area contributed by atoms with Crippen molar-refractivity contribution >= 4 is 17.5 Å². The van der Waals surface area contributed by atoms with Gasteiger partial charge in [-0.2, -0.15) is 5.10 Å². The second-order valence-electron chi connectivity index (χ2n) is 11.8. The van der Waals surface area contributed by atoms with Crippen molar-refractivity contribution in [3.05, 3.63) is 54.1 Å². The van der Waals surface area contributed by atoms with E-state index in [1.165, 1.54) is 0 Å². The molecule has 1 aliphatic carbocycles. The number of benzene rings is 1. The van der Waals surface area contributed by atoms with Crippen molar-refractivity contribution in [2.24, 2.45) is 0 Å². The Hall–Kier alpha value is -3.42. The molecule has 2 amide bonds. The summed E-state index contributed by atoms with van der Waals surface area (Å²) in [7, 11) is 0. The van der Waals surface area contributed by atoms with Crippen molar-refractivity contribution < 1.29 is 14.3 Å². The monoisotopic (exact) mass is 519 g/mol. The van der Waals surface area contributed by atoms with Gasteiger partial charge in [0, 0.05) is 40.9 Å². The second kappa shape index (κ2) is 11.1. The first-order valence-electron chi connectivity index (χ1n) is 13.7. The highest BCUT2D eigenvalue weighted by Gasteiger charge is 2.30. The molecule has 8 nitrogen and oxygen atoms in total. The normalized spacial score (nSPS) is 18.1. The molecule has 4 rings (SSSR count). The van der Waals surface area contributed by atoms with Gasteiger partial charge in [0.1, 0.15) is 11.9 Å². The van der Waals surface area contributed by atoms with Crippen LogP contribution in [-0.2, 0) is 4.74 Å². The molecule has 1 saturated carbocycles. The molecule has 0 bridgehead atoms. The number of nitrogens with zero attached hydrogens (tertiary/aromatic N) is 4. The average molecular weight is 520 g/mol. The maximum Gasteiger partial charge on any atom is 0.407 e. The van der Waals surface area contributed by atoms with Crippen molar-refractivity contribution in [1.29, 1.82) is 0 Å². The molecular formula is C30H41N5O3. The molecule has 2 heterocycles. The molecule has 1 N–H and O–H groups in total. The van der Waals surface area contributed by atoms with Gasteiger partial charge in [0.25, 0.3) is 5.91 Å². The van der Waals surface area contributed by atoms with Crippen molar-refractivity contribution in [2.45, 2.75) is 104 Å². The van der Waals surface area contributed by atoms with Gasteiger partial charge in [0.15, 0.2) is 0 Å². The predicted molar refractivity (Wildman–Crippen MR) is 149 cm³/mol. The minimum absolute atomic E-state index is 0.0251. The number of fused-ring (bicyclic) bond motifs is 1. The second-order valence-corrected chi connectivity index (χ2v) is 11.8. The number of nitrogens with one attached hydrogen (secondary N) is 1. The highest BCUT2D eigenvalue weighted by Crippen LogP contribution is 2.38. The molecule has 0 unspecified atom stereocenters. The van der Waals surface area contributed by atoms with E-state index in [4.69, 9.17) is 4.74 Å². The molecule has 0 aliphatic heterocycles. The van der Waals surface area contributed by atoms with Crippen LogP contribution in [0.15, 0.2) is 42.9 Å². The molecule has 8 heteroatoms. The van der Waals surface area contributed by atoms with E-state index in [0.717, 1.165) is 48.0 Å². The minimum atomic E-state index is -0.513. The van der Waals surface area contributed by atoms with Crippen LogP contribution in [0.1, 0.15) is 96.1 Å². The summed E-state index contributed by atoms with van der Waals surface area (Å²) in [5, 5.41) is 7.63. The van der Waals surface area contributed by atoms with Crippen LogP contribution in [0.2, 0.25) is 0 Å². The third kappa shape index (κ3) is 6.00. The van der Waals surface area contributed by atoms with Crippen LogP contribution >= 0.6 is 0 Å². The van der Waals surface area contributed by atoms with E-state index in [-0.39, 0.29) is 36.0 Å². The summed E-state index contributed by atoms with van der Waals surface area (Å²) in [4.78, 5) is 32.2. The number of ether oxygens (including phenoxy) is 1. The minimum Gasteiger partial charge on any atom is -0.444 e. The lowest BCUT2D eigenvalue weighted by atomic mass is 9.84. The highest BCUT2D eigenvalue weighted by molar-refractivity contribution is 6.03. The Kier molecular flexibility index (Phi) is 8.09. The molecule has 38 heavy (non-hydrogen) atoms. The Morgan fingerprint density at radius 3 is 2.32 bits per heavy atom. The summed E-state index contributed by atoms with van der Waals surface area (Å²) < 4.78 is 7.41. The van der Waals surface area contributed by atoms with Gasteiger partial charge in [-0.25, -0.2) is 14.3 Å². The fraction of sp³-hybridized carbons (Fsp3) is 0.533. The SMILES string of the molecule is CC(C)N(C(=O)c1ccccc1-c1cc(C2CCC(NC(=O)OC(C)(C)C)CC2)n2ncncc12)C(C)C.